The number of nitrogens with one attached hydrogen (secondary N) is 1. The third-order valence-corrected chi connectivity index (χ3v) is 3.27. The van der Waals surface area contributed by atoms with E-state index in [1.54, 1.807) is 6.20 Å². The first-order valence-corrected chi connectivity index (χ1v) is 6.32. The molecular formula is C13H12FIN2. The van der Waals surface area contributed by atoms with Gasteiger partial charge in [0.25, 0.3) is 0 Å². The average molecular weight is 342 g/mol. The van der Waals surface area contributed by atoms with E-state index in [0.29, 0.717) is 0 Å². The van der Waals surface area contributed by atoms with Crippen molar-refractivity contribution >= 4 is 22.6 Å². The summed E-state index contributed by atoms with van der Waals surface area (Å²) in [6, 6.07) is 9.61. The van der Waals surface area contributed by atoms with Crippen LogP contribution in [0.2, 0.25) is 0 Å². The third kappa shape index (κ3) is 3.01. The maximum Gasteiger partial charge on any atom is 0.141 e. The van der Waals surface area contributed by atoms with E-state index in [1.807, 2.05) is 31.3 Å². The van der Waals surface area contributed by atoms with Gasteiger partial charge in [-0.05, 0) is 59.0 Å². The SMILES string of the molecule is CNC(c1ccc(I)cc1)c1cncc(F)c1. The summed E-state index contributed by atoms with van der Waals surface area (Å²) in [4.78, 5) is 3.88. The fourth-order valence-corrected chi connectivity index (χ4v) is 2.13. The van der Waals surface area contributed by atoms with E-state index in [2.05, 4.69) is 32.9 Å². The molecule has 0 bridgehead atoms. The van der Waals surface area contributed by atoms with Crippen LogP contribution in [0.1, 0.15) is 17.2 Å². The van der Waals surface area contributed by atoms with Crippen LogP contribution >= 0.6 is 22.6 Å². The van der Waals surface area contributed by atoms with Crippen LogP contribution in [0.25, 0.3) is 0 Å². The predicted octanol–water partition coefficient (Wildman–Crippen LogP) is 3.13. The van der Waals surface area contributed by atoms with E-state index in [1.165, 1.54) is 15.8 Å². The molecule has 0 radical (unpaired) electrons. The summed E-state index contributed by atoms with van der Waals surface area (Å²) in [6.07, 6.45) is 2.90. The van der Waals surface area contributed by atoms with Crippen LogP contribution in [0.15, 0.2) is 42.7 Å². The van der Waals surface area contributed by atoms with Crippen LogP contribution in [0.4, 0.5) is 4.39 Å². The van der Waals surface area contributed by atoms with Crippen molar-refractivity contribution in [3.8, 4) is 0 Å². The van der Waals surface area contributed by atoms with Crippen LogP contribution in [0, 0.1) is 9.39 Å². The molecule has 2 rings (SSSR count). The lowest BCUT2D eigenvalue weighted by Gasteiger charge is -2.16. The van der Waals surface area contributed by atoms with Crippen molar-refractivity contribution in [1.82, 2.24) is 10.3 Å². The second-order valence-corrected chi connectivity index (χ2v) is 4.96. The molecule has 1 atom stereocenters. The molecule has 1 unspecified atom stereocenters. The summed E-state index contributed by atoms with van der Waals surface area (Å²) >= 11 is 2.26. The molecule has 0 spiro atoms. The van der Waals surface area contributed by atoms with Crippen molar-refractivity contribution in [2.75, 3.05) is 7.05 Å². The van der Waals surface area contributed by atoms with Gasteiger partial charge in [0.05, 0.1) is 12.2 Å². The molecule has 0 aliphatic rings. The fourth-order valence-electron chi connectivity index (χ4n) is 1.77. The molecule has 0 saturated carbocycles. The first kappa shape index (κ1) is 12.4. The molecule has 0 aliphatic carbocycles. The van der Waals surface area contributed by atoms with Crippen LogP contribution in [-0.2, 0) is 0 Å². The van der Waals surface area contributed by atoms with Gasteiger partial charge in [0.1, 0.15) is 5.82 Å². The maximum atomic E-state index is 13.2. The second-order valence-electron chi connectivity index (χ2n) is 3.71. The second kappa shape index (κ2) is 5.55. The van der Waals surface area contributed by atoms with Crippen molar-refractivity contribution in [3.05, 3.63) is 63.2 Å². The fraction of sp³-hybridized carbons (Fsp3) is 0.154. The van der Waals surface area contributed by atoms with Crippen molar-refractivity contribution in [3.63, 3.8) is 0 Å². The standard InChI is InChI=1S/C13H12FIN2/c1-16-13(9-2-4-12(15)5-3-9)10-6-11(14)8-17-7-10/h2-8,13,16H,1H3. The number of benzene rings is 1. The molecule has 88 valence electrons. The van der Waals surface area contributed by atoms with E-state index in [0.717, 1.165) is 11.1 Å². The van der Waals surface area contributed by atoms with Crippen molar-refractivity contribution < 1.29 is 4.39 Å². The van der Waals surface area contributed by atoms with Crippen LogP contribution in [-0.4, -0.2) is 12.0 Å². The van der Waals surface area contributed by atoms with E-state index in [4.69, 9.17) is 0 Å². The number of halogens is 2. The third-order valence-electron chi connectivity index (χ3n) is 2.55. The molecule has 2 aromatic rings. The first-order valence-electron chi connectivity index (χ1n) is 5.24. The average Bonchev–Trinajstić information content (AvgIpc) is 2.33. The highest BCUT2D eigenvalue weighted by Crippen LogP contribution is 2.22. The van der Waals surface area contributed by atoms with E-state index < -0.39 is 0 Å². The number of nitrogens with zero attached hydrogens (tertiary/aromatic N) is 1. The molecule has 0 amide bonds. The molecule has 1 aromatic carbocycles. The van der Waals surface area contributed by atoms with Crippen molar-refractivity contribution in [2.24, 2.45) is 0 Å². The Labute approximate surface area is 113 Å². The van der Waals surface area contributed by atoms with Gasteiger partial charge in [-0.3, -0.25) is 4.98 Å². The van der Waals surface area contributed by atoms with Gasteiger partial charge >= 0.3 is 0 Å². The van der Waals surface area contributed by atoms with Gasteiger partial charge in [-0.1, -0.05) is 12.1 Å². The van der Waals surface area contributed by atoms with Gasteiger partial charge in [0.2, 0.25) is 0 Å². The van der Waals surface area contributed by atoms with Crippen molar-refractivity contribution in [2.45, 2.75) is 6.04 Å². The Balaban J connectivity index is 2.36. The zero-order valence-electron chi connectivity index (χ0n) is 9.32. The zero-order chi connectivity index (χ0) is 12.3. The van der Waals surface area contributed by atoms with Gasteiger partial charge in [0, 0.05) is 9.77 Å². The summed E-state index contributed by atoms with van der Waals surface area (Å²) in [6.45, 7) is 0. The lowest BCUT2D eigenvalue weighted by molar-refractivity contribution is 0.608. The minimum atomic E-state index is -0.312. The van der Waals surface area contributed by atoms with Crippen molar-refractivity contribution in [1.29, 1.82) is 0 Å². The first-order chi connectivity index (χ1) is 8.20. The number of hydrogen-bond acceptors (Lipinski definition) is 2. The Hall–Kier alpha value is -1.01. The minimum absolute atomic E-state index is 0.0322. The molecule has 0 fully saturated rings. The highest BCUT2D eigenvalue weighted by molar-refractivity contribution is 14.1. The van der Waals surface area contributed by atoms with Gasteiger partial charge in [0.15, 0.2) is 0 Å². The van der Waals surface area contributed by atoms with E-state index >= 15 is 0 Å². The number of pyridine rings is 1. The lowest BCUT2D eigenvalue weighted by Crippen LogP contribution is -2.18. The number of aromatic nitrogens is 1. The summed E-state index contributed by atoms with van der Waals surface area (Å²) in [7, 11) is 1.85. The molecule has 2 nitrogen and oxygen atoms in total. The molecule has 0 aliphatic heterocycles. The van der Waals surface area contributed by atoms with Crippen LogP contribution < -0.4 is 5.32 Å². The van der Waals surface area contributed by atoms with Crippen LogP contribution in [0.3, 0.4) is 0 Å². The van der Waals surface area contributed by atoms with Gasteiger partial charge < -0.3 is 5.32 Å². The molecule has 1 heterocycles. The quantitative estimate of drug-likeness (QED) is 0.867. The van der Waals surface area contributed by atoms with Gasteiger partial charge in [-0.2, -0.15) is 0 Å². The predicted molar refractivity (Wildman–Crippen MR) is 74.3 cm³/mol. The minimum Gasteiger partial charge on any atom is -0.309 e. The number of rotatable bonds is 3. The summed E-state index contributed by atoms with van der Waals surface area (Å²) < 4.78 is 14.3. The zero-order valence-corrected chi connectivity index (χ0v) is 11.5. The Morgan fingerprint density at radius 2 is 1.88 bits per heavy atom. The summed E-state index contributed by atoms with van der Waals surface area (Å²) in [5, 5.41) is 3.17. The lowest BCUT2D eigenvalue weighted by atomic mass is 10.0. The molecule has 0 saturated heterocycles. The topological polar surface area (TPSA) is 24.9 Å². The Morgan fingerprint density at radius 3 is 2.47 bits per heavy atom. The van der Waals surface area contributed by atoms with Gasteiger partial charge in [-0.15, -0.1) is 0 Å². The van der Waals surface area contributed by atoms with E-state index in [9.17, 15) is 4.39 Å². The normalized spacial score (nSPS) is 12.4. The van der Waals surface area contributed by atoms with Gasteiger partial charge in [-0.25, -0.2) is 4.39 Å². The highest BCUT2D eigenvalue weighted by atomic mass is 127. The summed E-state index contributed by atoms with van der Waals surface area (Å²) in [5.74, 6) is -0.312. The smallest absolute Gasteiger partial charge is 0.141 e. The Kier molecular flexibility index (Phi) is 4.06. The largest absolute Gasteiger partial charge is 0.309 e. The molecular weight excluding hydrogens is 330 g/mol. The Bertz CT molecular complexity index is 499. The maximum absolute atomic E-state index is 13.2. The monoisotopic (exact) mass is 342 g/mol. The number of hydrogen-bond donors (Lipinski definition) is 1. The molecule has 4 heteroatoms. The van der Waals surface area contributed by atoms with E-state index in [-0.39, 0.29) is 11.9 Å². The molecule has 1 aromatic heterocycles. The van der Waals surface area contributed by atoms with Crippen LogP contribution in [0.5, 0.6) is 0 Å². The Morgan fingerprint density at radius 1 is 1.18 bits per heavy atom. The highest BCUT2D eigenvalue weighted by Gasteiger charge is 2.12. The molecule has 1 N–H and O–H groups in total. The molecule has 17 heavy (non-hydrogen) atoms. The summed E-state index contributed by atoms with van der Waals surface area (Å²) in [5.41, 5.74) is 1.93.